The van der Waals surface area contributed by atoms with Crippen LogP contribution in [0.4, 0.5) is 17.6 Å². The molecule has 0 saturated heterocycles. The molecule has 0 spiro atoms. The smallest absolute Gasteiger partial charge is 0.387 e. The SMILES string of the molecule is CC(Br)C(=O)c1cc(OC(F)F)cc(C(F)F)c1. The van der Waals surface area contributed by atoms with Gasteiger partial charge in [0.2, 0.25) is 0 Å². The third kappa shape index (κ3) is 3.97. The first-order chi connectivity index (χ1) is 8.31. The van der Waals surface area contributed by atoms with Gasteiger partial charge in [0, 0.05) is 11.1 Å². The maximum atomic E-state index is 12.6. The maximum absolute atomic E-state index is 12.6. The van der Waals surface area contributed by atoms with Crippen molar-refractivity contribution in [3.8, 4) is 5.75 Å². The predicted molar refractivity (Wildman–Crippen MR) is 60.8 cm³/mol. The standard InChI is InChI=1S/C11H9BrF4O2/c1-5(12)9(17)6-2-7(10(13)14)4-8(3-6)18-11(15)16/h2-5,10-11H,1H3. The zero-order valence-electron chi connectivity index (χ0n) is 9.17. The van der Waals surface area contributed by atoms with Crippen LogP contribution in [0.5, 0.6) is 5.75 Å². The molecule has 100 valence electrons. The van der Waals surface area contributed by atoms with Gasteiger partial charge in [0.1, 0.15) is 5.75 Å². The third-order valence-corrected chi connectivity index (χ3v) is 2.47. The van der Waals surface area contributed by atoms with Gasteiger partial charge in [0.25, 0.3) is 6.43 Å². The highest BCUT2D eigenvalue weighted by molar-refractivity contribution is 9.10. The molecule has 0 aliphatic carbocycles. The van der Waals surface area contributed by atoms with Crippen LogP contribution in [0.15, 0.2) is 18.2 Å². The minimum absolute atomic E-state index is 0.104. The van der Waals surface area contributed by atoms with Gasteiger partial charge in [-0.3, -0.25) is 4.79 Å². The zero-order chi connectivity index (χ0) is 13.9. The lowest BCUT2D eigenvalue weighted by atomic mass is 10.1. The number of Topliss-reactive ketones (excluding diaryl/α,β-unsaturated/α-hetero) is 1. The van der Waals surface area contributed by atoms with E-state index in [0.717, 1.165) is 18.2 Å². The van der Waals surface area contributed by atoms with Gasteiger partial charge in [-0.2, -0.15) is 8.78 Å². The Morgan fingerprint density at radius 1 is 1.22 bits per heavy atom. The Bertz CT molecular complexity index is 435. The van der Waals surface area contributed by atoms with Crippen molar-refractivity contribution in [2.75, 3.05) is 0 Å². The van der Waals surface area contributed by atoms with Gasteiger partial charge in [0.15, 0.2) is 5.78 Å². The van der Waals surface area contributed by atoms with Crippen molar-refractivity contribution < 1.29 is 27.1 Å². The van der Waals surface area contributed by atoms with E-state index in [1.807, 2.05) is 0 Å². The van der Waals surface area contributed by atoms with E-state index in [0.29, 0.717) is 0 Å². The number of carbonyl (C=O) groups excluding carboxylic acids is 1. The molecule has 1 atom stereocenters. The van der Waals surface area contributed by atoms with Gasteiger partial charge < -0.3 is 4.74 Å². The van der Waals surface area contributed by atoms with Gasteiger partial charge in [-0.1, -0.05) is 15.9 Å². The van der Waals surface area contributed by atoms with E-state index in [1.165, 1.54) is 6.92 Å². The summed E-state index contributed by atoms with van der Waals surface area (Å²) in [5.41, 5.74) is -0.641. The fourth-order valence-corrected chi connectivity index (χ4v) is 1.56. The molecule has 0 heterocycles. The quantitative estimate of drug-likeness (QED) is 0.460. The number of alkyl halides is 5. The summed E-state index contributed by atoms with van der Waals surface area (Å²) in [5, 5.41) is 0. The number of ether oxygens (including phenoxy) is 1. The Morgan fingerprint density at radius 2 is 1.83 bits per heavy atom. The van der Waals surface area contributed by atoms with E-state index >= 15 is 0 Å². The molecule has 0 radical (unpaired) electrons. The maximum Gasteiger partial charge on any atom is 0.387 e. The molecule has 0 aliphatic heterocycles. The van der Waals surface area contributed by atoms with Gasteiger partial charge >= 0.3 is 6.61 Å². The van der Waals surface area contributed by atoms with E-state index in [-0.39, 0.29) is 5.56 Å². The molecule has 0 amide bonds. The van der Waals surface area contributed by atoms with E-state index in [4.69, 9.17) is 0 Å². The molecule has 0 aliphatic rings. The highest BCUT2D eigenvalue weighted by atomic mass is 79.9. The van der Waals surface area contributed by atoms with Gasteiger partial charge in [-0.15, -0.1) is 0 Å². The Kier molecular flexibility index (Phi) is 5.13. The number of carbonyl (C=O) groups is 1. The number of hydrogen-bond donors (Lipinski definition) is 0. The van der Waals surface area contributed by atoms with Crippen molar-refractivity contribution in [1.82, 2.24) is 0 Å². The highest BCUT2D eigenvalue weighted by Gasteiger charge is 2.18. The molecule has 1 aromatic carbocycles. The predicted octanol–water partition coefficient (Wildman–Crippen LogP) is 4.19. The Hall–Kier alpha value is -1.11. The molecule has 0 bridgehead atoms. The van der Waals surface area contributed by atoms with Crippen molar-refractivity contribution >= 4 is 21.7 Å². The number of rotatable bonds is 5. The second-order valence-electron chi connectivity index (χ2n) is 3.45. The lowest BCUT2D eigenvalue weighted by molar-refractivity contribution is -0.0500. The van der Waals surface area contributed by atoms with Crippen LogP contribution in [0.25, 0.3) is 0 Å². The van der Waals surface area contributed by atoms with Crippen LogP contribution in [0.1, 0.15) is 29.3 Å². The normalized spacial score (nSPS) is 12.9. The monoisotopic (exact) mass is 328 g/mol. The van der Waals surface area contributed by atoms with Gasteiger partial charge in [-0.05, 0) is 25.1 Å². The van der Waals surface area contributed by atoms with Crippen LogP contribution in [-0.2, 0) is 0 Å². The van der Waals surface area contributed by atoms with Crippen LogP contribution in [-0.4, -0.2) is 17.2 Å². The van der Waals surface area contributed by atoms with Crippen LogP contribution in [0, 0.1) is 0 Å². The van der Waals surface area contributed by atoms with Gasteiger partial charge in [-0.25, -0.2) is 8.78 Å². The number of halogens is 5. The minimum Gasteiger partial charge on any atom is -0.435 e. The van der Waals surface area contributed by atoms with E-state index in [9.17, 15) is 22.4 Å². The molecule has 7 heteroatoms. The lowest BCUT2D eigenvalue weighted by Crippen LogP contribution is -2.11. The Labute approximate surface area is 109 Å². The van der Waals surface area contributed by atoms with Crippen molar-refractivity contribution in [3.63, 3.8) is 0 Å². The average Bonchev–Trinajstić information content (AvgIpc) is 2.26. The molecule has 2 nitrogen and oxygen atoms in total. The molecular formula is C11H9BrF4O2. The summed E-state index contributed by atoms with van der Waals surface area (Å²) >= 11 is 2.99. The number of hydrogen-bond acceptors (Lipinski definition) is 2. The largest absolute Gasteiger partial charge is 0.435 e. The molecule has 0 saturated carbocycles. The van der Waals surface area contributed by atoms with Crippen LogP contribution in [0.3, 0.4) is 0 Å². The first kappa shape index (κ1) is 14.9. The summed E-state index contributed by atoms with van der Waals surface area (Å²) in [6, 6.07) is 2.76. The molecule has 1 rings (SSSR count). The Morgan fingerprint density at radius 3 is 2.28 bits per heavy atom. The summed E-state index contributed by atoms with van der Waals surface area (Å²) < 4.78 is 53.2. The number of ketones is 1. The summed E-state index contributed by atoms with van der Waals surface area (Å²) in [6.07, 6.45) is -2.87. The molecule has 18 heavy (non-hydrogen) atoms. The summed E-state index contributed by atoms with van der Waals surface area (Å²) in [6.45, 7) is -1.63. The third-order valence-electron chi connectivity index (χ3n) is 2.05. The lowest BCUT2D eigenvalue weighted by Gasteiger charge is -2.10. The van der Waals surface area contributed by atoms with Crippen molar-refractivity contribution in [2.45, 2.75) is 24.8 Å². The summed E-state index contributed by atoms with van der Waals surface area (Å²) in [7, 11) is 0. The minimum atomic E-state index is -3.14. The van der Waals surface area contributed by atoms with Crippen molar-refractivity contribution in [1.29, 1.82) is 0 Å². The van der Waals surface area contributed by atoms with Gasteiger partial charge in [0.05, 0.1) is 4.83 Å². The number of benzene rings is 1. The molecule has 1 unspecified atom stereocenters. The summed E-state index contributed by atoms with van der Waals surface area (Å²) in [5.74, 6) is -0.948. The zero-order valence-corrected chi connectivity index (χ0v) is 10.8. The van der Waals surface area contributed by atoms with Crippen LogP contribution < -0.4 is 4.74 Å². The first-order valence-corrected chi connectivity index (χ1v) is 5.79. The molecule has 0 fully saturated rings. The van der Waals surface area contributed by atoms with E-state index in [2.05, 4.69) is 20.7 Å². The fourth-order valence-electron chi connectivity index (χ4n) is 1.29. The topological polar surface area (TPSA) is 26.3 Å². The van der Waals surface area contributed by atoms with E-state index < -0.39 is 35.0 Å². The fraction of sp³-hybridized carbons (Fsp3) is 0.364. The average molecular weight is 329 g/mol. The van der Waals surface area contributed by atoms with Crippen molar-refractivity contribution in [2.24, 2.45) is 0 Å². The molecule has 0 aromatic heterocycles. The second kappa shape index (κ2) is 6.17. The molecule has 1 aromatic rings. The molecular weight excluding hydrogens is 320 g/mol. The van der Waals surface area contributed by atoms with Crippen LogP contribution >= 0.6 is 15.9 Å². The Balaban J connectivity index is 3.17. The summed E-state index contributed by atoms with van der Waals surface area (Å²) in [4.78, 5) is 11.0. The van der Waals surface area contributed by atoms with Crippen LogP contribution in [0.2, 0.25) is 0 Å². The van der Waals surface area contributed by atoms with Crippen molar-refractivity contribution in [3.05, 3.63) is 29.3 Å². The highest BCUT2D eigenvalue weighted by Crippen LogP contribution is 2.27. The molecule has 0 N–H and O–H groups in total. The second-order valence-corrected chi connectivity index (χ2v) is 4.82. The van der Waals surface area contributed by atoms with E-state index in [1.54, 1.807) is 0 Å². The first-order valence-electron chi connectivity index (χ1n) is 4.87.